The predicted octanol–water partition coefficient (Wildman–Crippen LogP) is 4.63. The van der Waals surface area contributed by atoms with Crippen LogP contribution in [0.25, 0.3) is 10.9 Å². The average Bonchev–Trinajstić information content (AvgIpc) is 2.59. The summed E-state index contributed by atoms with van der Waals surface area (Å²) >= 11 is 0.927. The van der Waals surface area contributed by atoms with Crippen molar-refractivity contribution in [3.05, 3.63) is 39.9 Å². The Kier molecular flexibility index (Phi) is 5.04. The number of aromatic nitrogens is 2. The summed E-state index contributed by atoms with van der Waals surface area (Å²) in [6, 6.07) is 3.02. The molecule has 0 bridgehead atoms. The second kappa shape index (κ2) is 7.08. The minimum Gasteiger partial charge on any atom is -0.292 e. The van der Waals surface area contributed by atoms with Crippen molar-refractivity contribution in [1.29, 1.82) is 5.26 Å². The number of thiocyanates is 1. The SMILES string of the molecule is N#CSCc1nc2cc(C(F)(F)F)ccc2c(=O)n1C1CCCCC1. The zero-order valence-corrected chi connectivity index (χ0v) is 14.2. The Hall–Kier alpha value is -2.01. The number of rotatable bonds is 3. The lowest BCUT2D eigenvalue weighted by molar-refractivity contribution is -0.137. The van der Waals surface area contributed by atoms with Crippen molar-refractivity contribution in [3.63, 3.8) is 0 Å². The molecule has 1 aromatic heterocycles. The highest BCUT2D eigenvalue weighted by molar-refractivity contribution is 8.02. The second-order valence-corrected chi connectivity index (χ2v) is 6.86. The van der Waals surface area contributed by atoms with Crippen molar-refractivity contribution in [2.75, 3.05) is 0 Å². The number of alkyl halides is 3. The van der Waals surface area contributed by atoms with E-state index in [9.17, 15) is 18.0 Å². The Morgan fingerprint density at radius 1 is 1.28 bits per heavy atom. The van der Waals surface area contributed by atoms with E-state index in [4.69, 9.17) is 5.26 Å². The number of fused-ring (bicyclic) bond motifs is 1. The standard InChI is InChI=1S/C17H16F3N3OS/c18-17(19,20)11-6-7-13-14(8-11)22-15(9-25-10-21)23(16(13)24)12-4-2-1-3-5-12/h6-8,12H,1-5,9H2. The van der Waals surface area contributed by atoms with Crippen LogP contribution < -0.4 is 5.56 Å². The zero-order valence-electron chi connectivity index (χ0n) is 13.3. The summed E-state index contributed by atoms with van der Waals surface area (Å²) in [6.07, 6.45) is 0.328. The average molecular weight is 367 g/mol. The van der Waals surface area contributed by atoms with Crippen LogP contribution in [0.4, 0.5) is 13.2 Å². The minimum absolute atomic E-state index is 0.00487. The predicted molar refractivity (Wildman–Crippen MR) is 90.0 cm³/mol. The molecule has 25 heavy (non-hydrogen) atoms. The van der Waals surface area contributed by atoms with Crippen molar-refractivity contribution in [2.24, 2.45) is 0 Å². The van der Waals surface area contributed by atoms with Gasteiger partial charge in [-0.2, -0.15) is 18.4 Å². The van der Waals surface area contributed by atoms with E-state index >= 15 is 0 Å². The highest BCUT2D eigenvalue weighted by atomic mass is 32.2. The normalized spacial score (nSPS) is 16.1. The molecule has 0 N–H and O–H groups in total. The smallest absolute Gasteiger partial charge is 0.292 e. The summed E-state index contributed by atoms with van der Waals surface area (Å²) in [7, 11) is 0. The number of thioether (sulfide) groups is 1. The third-order valence-electron chi connectivity index (χ3n) is 4.51. The van der Waals surface area contributed by atoms with Gasteiger partial charge in [0.2, 0.25) is 0 Å². The maximum Gasteiger partial charge on any atom is 0.416 e. The zero-order chi connectivity index (χ0) is 18.0. The van der Waals surface area contributed by atoms with Crippen LogP contribution in [0.5, 0.6) is 0 Å². The fourth-order valence-corrected chi connectivity index (χ4v) is 3.73. The Morgan fingerprint density at radius 2 is 2.00 bits per heavy atom. The lowest BCUT2D eigenvalue weighted by Crippen LogP contribution is -2.30. The summed E-state index contributed by atoms with van der Waals surface area (Å²) in [5.41, 5.74) is -1.12. The second-order valence-electron chi connectivity index (χ2n) is 6.10. The fraction of sp³-hybridized carbons (Fsp3) is 0.471. The Bertz CT molecular complexity index is 880. The van der Waals surface area contributed by atoms with Crippen LogP contribution in [0.3, 0.4) is 0 Å². The largest absolute Gasteiger partial charge is 0.416 e. The molecule has 0 spiro atoms. The quantitative estimate of drug-likeness (QED) is 0.742. The Balaban J connectivity index is 2.18. The number of nitriles is 1. The van der Waals surface area contributed by atoms with Gasteiger partial charge >= 0.3 is 6.18 Å². The maximum absolute atomic E-state index is 12.9. The molecule has 1 fully saturated rings. The maximum atomic E-state index is 12.9. The van der Waals surface area contributed by atoms with Crippen LogP contribution in [-0.4, -0.2) is 9.55 Å². The summed E-state index contributed by atoms with van der Waals surface area (Å²) in [5, 5.41) is 10.9. The number of halogens is 3. The molecule has 1 heterocycles. The number of nitrogens with zero attached hydrogens (tertiary/aromatic N) is 3. The van der Waals surface area contributed by atoms with Crippen molar-refractivity contribution >= 4 is 22.7 Å². The van der Waals surface area contributed by atoms with Crippen molar-refractivity contribution < 1.29 is 13.2 Å². The highest BCUT2D eigenvalue weighted by Gasteiger charge is 2.31. The van der Waals surface area contributed by atoms with E-state index < -0.39 is 11.7 Å². The summed E-state index contributed by atoms with van der Waals surface area (Å²) in [4.78, 5) is 17.2. The topological polar surface area (TPSA) is 58.7 Å². The number of hydrogen-bond acceptors (Lipinski definition) is 4. The van der Waals surface area contributed by atoms with Crippen LogP contribution >= 0.6 is 11.8 Å². The van der Waals surface area contributed by atoms with Gasteiger partial charge in [0.25, 0.3) is 5.56 Å². The van der Waals surface area contributed by atoms with Gasteiger partial charge in [-0.25, -0.2) is 4.98 Å². The van der Waals surface area contributed by atoms with Gasteiger partial charge in [0.15, 0.2) is 0 Å². The molecule has 1 aliphatic rings. The van der Waals surface area contributed by atoms with E-state index in [-0.39, 0.29) is 28.3 Å². The first-order valence-electron chi connectivity index (χ1n) is 8.05. The van der Waals surface area contributed by atoms with E-state index in [0.717, 1.165) is 56.0 Å². The van der Waals surface area contributed by atoms with Gasteiger partial charge in [-0.3, -0.25) is 9.36 Å². The highest BCUT2D eigenvalue weighted by Crippen LogP contribution is 2.32. The third kappa shape index (κ3) is 3.66. The van der Waals surface area contributed by atoms with Crippen LogP contribution in [0.1, 0.15) is 49.5 Å². The molecule has 0 saturated heterocycles. The van der Waals surface area contributed by atoms with Crippen molar-refractivity contribution in [3.8, 4) is 5.40 Å². The van der Waals surface area contributed by atoms with Crippen LogP contribution in [-0.2, 0) is 11.9 Å². The van der Waals surface area contributed by atoms with Crippen LogP contribution in [0.15, 0.2) is 23.0 Å². The van der Waals surface area contributed by atoms with E-state index in [2.05, 4.69) is 4.98 Å². The lowest BCUT2D eigenvalue weighted by atomic mass is 9.95. The lowest BCUT2D eigenvalue weighted by Gasteiger charge is -2.26. The molecule has 0 amide bonds. The summed E-state index contributed by atoms with van der Waals surface area (Å²) in [5.74, 6) is 0.546. The van der Waals surface area contributed by atoms with E-state index in [1.54, 1.807) is 4.57 Å². The molecule has 1 saturated carbocycles. The first-order valence-corrected chi connectivity index (χ1v) is 9.03. The van der Waals surface area contributed by atoms with Crippen LogP contribution in [0.2, 0.25) is 0 Å². The molecular formula is C17H16F3N3OS. The molecule has 8 heteroatoms. The first kappa shape index (κ1) is 17.8. The van der Waals surface area contributed by atoms with E-state index in [0.29, 0.717) is 5.82 Å². The van der Waals surface area contributed by atoms with E-state index in [1.165, 1.54) is 6.07 Å². The van der Waals surface area contributed by atoms with Gasteiger partial charge < -0.3 is 0 Å². The molecule has 3 rings (SSSR count). The molecule has 1 aliphatic carbocycles. The van der Waals surface area contributed by atoms with Gasteiger partial charge in [0.1, 0.15) is 11.2 Å². The van der Waals surface area contributed by atoms with Crippen LogP contribution in [0, 0.1) is 10.7 Å². The van der Waals surface area contributed by atoms with Gasteiger partial charge in [-0.05, 0) is 42.8 Å². The van der Waals surface area contributed by atoms with E-state index in [1.807, 2.05) is 5.40 Å². The molecule has 0 unspecified atom stereocenters. The summed E-state index contributed by atoms with van der Waals surface area (Å²) < 4.78 is 40.4. The molecular weight excluding hydrogens is 351 g/mol. The Morgan fingerprint density at radius 3 is 2.64 bits per heavy atom. The molecule has 132 valence electrons. The Labute approximate surface area is 146 Å². The molecule has 4 nitrogen and oxygen atoms in total. The fourth-order valence-electron chi connectivity index (χ4n) is 3.34. The number of hydrogen-bond donors (Lipinski definition) is 0. The minimum atomic E-state index is -4.49. The molecule has 0 atom stereocenters. The van der Waals surface area contributed by atoms with Gasteiger partial charge in [-0.1, -0.05) is 19.3 Å². The monoisotopic (exact) mass is 367 g/mol. The molecule has 0 radical (unpaired) electrons. The van der Waals surface area contributed by atoms with Crippen molar-refractivity contribution in [2.45, 2.75) is 50.1 Å². The van der Waals surface area contributed by atoms with Gasteiger partial charge in [0.05, 0.1) is 22.2 Å². The first-order chi connectivity index (χ1) is 11.9. The summed E-state index contributed by atoms with van der Waals surface area (Å²) in [6.45, 7) is 0. The number of benzene rings is 1. The van der Waals surface area contributed by atoms with Gasteiger partial charge in [0, 0.05) is 6.04 Å². The molecule has 1 aromatic carbocycles. The van der Waals surface area contributed by atoms with Gasteiger partial charge in [-0.15, -0.1) is 0 Å². The molecule has 0 aliphatic heterocycles. The van der Waals surface area contributed by atoms with Crippen molar-refractivity contribution in [1.82, 2.24) is 9.55 Å². The molecule has 2 aromatic rings. The third-order valence-corrected chi connectivity index (χ3v) is 5.04.